The molecule has 1 aliphatic rings. The van der Waals surface area contributed by atoms with Crippen molar-refractivity contribution < 1.29 is 4.79 Å². The molecule has 3 aromatic rings. The Bertz CT molecular complexity index is 869. The number of hydrogen-bond donors (Lipinski definition) is 0. The van der Waals surface area contributed by atoms with Gasteiger partial charge in [-0.25, -0.2) is 0 Å². The van der Waals surface area contributed by atoms with Crippen LogP contribution in [0.2, 0.25) is 0 Å². The Morgan fingerprint density at radius 2 is 1.70 bits per heavy atom. The van der Waals surface area contributed by atoms with E-state index in [1.165, 1.54) is 21.9 Å². The summed E-state index contributed by atoms with van der Waals surface area (Å²) in [5, 5.41) is 2.35. The van der Waals surface area contributed by atoms with Crippen LogP contribution in [0.15, 0.2) is 66.7 Å². The number of anilines is 1. The largest absolute Gasteiger partial charge is 0.312 e. The van der Waals surface area contributed by atoms with E-state index in [1.54, 1.807) is 0 Å². The first-order valence-corrected chi connectivity index (χ1v) is 8.16. The number of rotatable bonds is 2. The van der Waals surface area contributed by atoms with Crippen LogP contribution in [0.25, 0.3) is 10.8 Å². The van der Waals surface area contributed by atoms with Crippen LogP contribution in [-0.2, 0) is 4.79 Å². The SMILES string of the molecule is CCN1C(=O)CC(c2ccccc2)c2ccc3ccccc3c21. The first-order valence-electron chi connectivity index (χ1n) is 8.16. The minimum Gasteiger partial charge on any atom is -0.312 e. The first-order chi connectivity index (χ1) is 11.3. The highest BCUT2D eigenvalue weighted by atomic mass is 16.2. The Hall–Kier alpha value is -2.61. The van der Waals surface area contributed by atoms with Crippen molar-refractivity contribution in [1.29, 1.82) is 0 Å². The smallest absolute Gasteiger partial charge is 0.227 e. The number of carbonyl (C=O) groups excluding carboxylic acids is 1. The molecule has 23 heavy (non-hydrogen) atoms. The second kappa shape index (κ2) is 5.54. The van der Waals surface area contributed by atoms with Gasteiger partial charge < -0.3 is 4.90 Å². The molecule has 0 fully saturated rings. The summed E-state index contributed by atoms with van der Waals surface area (Å²) in [4.78, 5) is 14.7. The second-order valence-electron chi connectivity index (χ2n) is 6.03. The van der Waals surface area contributed by atoms with Gasteiger partial charge in [-0.15, -0.1) is 0 Å². The van der Waals surface area contributed by atoms with E-state index in [9.17, 15) is 4.79 Å². The summed E-state index contributed by atoms with van der Waals surface area (Å²) >= 11 is 0. The van der Waals surface area contributed by atoms with Crippen LogP contribution in [0.3, 0.4) is 0 Å². The summed E-state index contributed by atoms with van der Waals surface area (Å²) in [6.45, 7) is 2.76. The van der Waals surface area contributed by atoms with E-state index in [2.05, 4.69) is 36.4 Å². The van der Waals surface area contributed by atoms with E-state index < -0.39 is 0 Å². The summed E-state index contributed by atoms with van der Waals surface area (Å²) in [7, 11) is 0. The van der Waals surface area contributed by atoms with Gasteiger partial charge in [-0.2, -0.15) is 0 Å². The van der Waals surface area contributed by atoms with Crippen molar-refractivity contribution in [2.24, 2.45) is 0 Å². The lowest BCUT2D eigenvalue weighted by Gasteiger charge is -2.34. The summed E-state index contributed by atoms with van der Waals surface area (Å²) < 4.78 is 0. The average molecular weight is 301 g/mol. The zero-order valence-electron chi connectivity index (χ0n) is 13.2. The fourth-order valence-corrected chi connectivity index (χ4v) is 3.69. The van der Waals surface area contributed by atoms with Crippen LogP contribution in [0.5, 0.6) is 0 Å². The van der Waals surface area contributed by atoms with E-state index in [0.29, 0.717) is 13.0 Å². The Labute approximate surface area is 136 Å². The molecule has 2 nitrogen and oxygen atoms in total. The average Bonchev–Trinajstić information content (AvgIpc) is 2.61. The summed E-state index contributed by atoms with van der Waals surface area (Å²) in [5.41, 5.74) is 3.57. The molecule has 4 rings (SSSR count). The topological polar surface area (TPSA) is 20.3 Å². The van der Waals surface area contributed by atoms with Gasteiger partial charge in [-0.3, -0.25) is 4.79 Å². The maximum Gasteiger partial charge on any atom is 0.227 e. The lowest BCUT2D eigenvalue weighted by Crippen LogP contribution is -2.36. The Kier molecular flexibility index (Phi) is 3.38. The number of carbonyl (C=O) groups is 1. The van der Waals surface area contributed by atoms with Gasteiger partial charge in [-0.1, -0.05) is 66.7 Å². The number of hydrogen-bond acceptors (Lipinski definition) is 1. The van der Waals surface area contributed by atoms with E-state index >= 15 is 0 Å². The maximum absolute atomic E-state index is 12.7. The molecular formula is C21H19NO. The quantitative estimate of drug-likeness (QED) is 0.670. The summed E-state index contributed by atoms with van der Waals surface area (Å²) in [6.07, 6.45) is 0.545. The number of nitrogens with zero attached hydrogens (tertiary/aromatic N) is 1. The van der Waals surface area contributed by atoms with Crippen LogP contribution in [0.4, 0.5) is 5.69 Å². The van der Waals surface area contributed by atoms with Gasteiger partial charge in [-0.05, 0) is 23.4 Å². The van der Waals surface area contributed by atoms with Gasteiger partial charge in [0.15, 0.2) is 0 Å². The van der Waals surface area contributed by atoms with Crippen molar-refractivity contribution in [3.8, 4) is 0 Å². The van der Waals surface area contributed by atoms with Gasteiger partial charge >= 0.3 is 0 Å². The molecule has 1 unspecified atom stereocenters. The van der Waals surface area contributed by atoms with E-state index in [-0.39, 0.29) is 11.8 Å². The van der Waals surface area contributed by atoms with E-state index in [0.717, 1.165) is 5.69 Å². The fraction of sp³-hybridized carbons (Fsp3) is 0.190. The van der Waals surface area contributed by atoms with Crippen molar-refractivity contribution in [1.82, 2.24) is 0 Å². The monoisotopic (exact) mass is 301 g/mol. The highest BCUT2D eigenvalue weighted by molar-refractivity contribution is 6.07. The van der Waals surface area contributed by atoms with Gasteiger partial charge in [0.05, 0.1) is 5.69 Å². The molecule has 0 aromatic heterocycles. The van der Waals surface area contributed by atoms with Crippen molar-refractivity contribution in [2.45, 2.75) is 19.3 Å². The molecule has 1 aliphatic heterocycles. The van der Waals surface area contributed by atoms with Crippen molar-refractivity contribution in [2.75, 3.05) is 11.4 Å². The molecular weight excluding hydrogens is 282 g/mol. The third-order valence-electron chi connectivity index (χ3n) is 4.78. The first kappa shape index (κ1) is 14.0. The zero-order chi connectivity index (χ0) is 15.8. The third-order valence-corrected chi connectivity index (χ3v) is 4.78. The van der Waals surface area contributed by atoms with Crippen molar-refractivity contribution in [3.63, 3.8) is 0 Å². The van der Waals surface area contributed by atoms with Crippen LogP contribution in [0.1, 0.15) is 30.4 Å². The molecule has 0 saturated heterocycles. The van der Waals surface area contributed by atoms with Crippen molar-refractivity contribution in [3.05, 3.63) is 77.9 Å². The maximum atomic E-state index is 12.7. The molecule has 0 aliphatic carbocycles. The molecule has 114 valence electrons. The highest BCUT2D eigenvalue weighted by Crippen LogP contribution is 2.43. The van der Waals surface area contributed by atoms with Crippen LogP contribution in [-0.4, -0.2) is 12.5 Å². The number of fused-ring (bicyclic) bond motifs is 3. The lowest BCUT2D eigenvalue weighted by molar-refractivity contribution is -0.119. The Balaban J connectivity index is 1.99. The van der Waals surface area contributed by atoms with E-state index in [1.807, 2.05) is 42.2 Å². The molecule has 0 spiro atoms. The predicted octanol–water partition coefficient (Wildman–Crippen LogP) is 4.73. The summed E-state index contributed by atoms with van der Waals surface area (Å²) in [6, 6.07) is 23.1. The van der Waals surface area contributed by atoms with Crippen LogP contribution in [0, 0.1) is 0 Å². The molecule has 2 heteroatoms. The number of benzene rings is 3. The lowest BCUT2D eigenvalue weighted by atomic mass is 9.82. The highest BCUT2D eigenvalue weighted by Gasteiger charge is 2.32. The molecule has 3 aromatic carbocycles. The van der Waals surface area contributed by atoms with Gasteiger partial charge in [0.1, 0.15) is 0 Å². The van der Waals surface area contributed by atoms with Crippen LogP contribution < -0.4 is 4.90 Å². The molecule has 1 atom stereocenters. The minimum atomic E-state index is 0.145. The molecule has 0 radical (unpaired) electrons. The molecule has 1 amide bonds. The second-order valence-corrected chi connectivity index (χ2v) is 6.03. The zero-order valence-corrected chi connectivity index (χ0v) is 13.2. The molecule has 0 saturated carbocycles. The predicted molar refractivity (Wildman–Crippen MR) is 94.9 cm³/mol. The minimum absolute atomic E-state index is 0.145. The number of amides is 1. The van der Waals surface area contributed by atoms with Crippen molar-refractivity contribution >= 4 is 22.4 Å². The van der Waals surface area contributed by atoms with Crippen LogP contribution >= 0.6 is 0 Å². The Morgan fingerprint density at radius 1 is 0.957 bits per heavy atom. The Morgan fingerprint density at radius 3 is 2.48 bits per heavy atom. The van der Waals surface area contributed by atoms with Gasteiger partial charge in [0.2, 0.25) is 5.91 Å². The fourth-order valence-electron chi connectivity index (χ4n) is 3.69. The third kappa shape index (κ3) is 2.22. The standard InChI is InChI=1S/C21H19NO/c1-2-22-20(23)14-19(15-8-4-3-5-9-15)18-13-12-16-10-6-7-11-17(16)21(18)22/h3-13,19H,2,14H2,1H3. The van der Waals surface area contributed by atoms with Gasteiger partial charge in [0.25, 0.3) is 0 Å². The molecule has 0 bridgehead atoms. The summed E-state index contributed by atoms with van der Waals surface area (Å²) in [5.74, 6) is 0.358. The molecule has 0 N–H and O–H groups in total. The van der Waals surface area contributed by atoms with E-state index in [4.69, 9.17) is 0 Å². The van der Waals surface area contributed by atoms with Gasteiger partial charge in [0, 0.05) is 24.3 Å². The normalized spacial score (nSPS) is 17.3. The molecule has 1 heterocycles.